The van der Waals surface area contributed by atoms with E-state index in [0.717, 1.165) is 31.0 Å². The zero-order valence-electron chi connectivity index (χ0n) is 14.4. The first kappa shape index (κ1) is 19.3. The van der Waals surface area contributed by atoms with Crippen LogP contribution in [0.5, 0.6) is 11.5 Å². The van der Waals surface area contributed by atoms with Crippen molar-refractivity contribution in [1.82, 2.24) is 5.32 Å². The topological polar surface area (TPSA) is 105 Å². The van der Waals surface area contributed by atoms with Gasteiger partial charge in [-0.3, -0.25) is 0 Å². The third-order valence-corrected chi connectivity index (χ3v) is 3.66. The van der Waals surface area contributed by atoms with Crippen LogP contribution in [0.1, 0.15) is 16.7 Å². The number of rotatable bonds is 5. The van der Waals surface area contributed by atoms with Crippen molar-refractivity contribution in [1.29, 1.82) is 0 Å². The smallest absolute Gasteiger partial charge is 0.414 e. The van der Waals surface area contributed by atoms with E-state index in [1.54, 1.807) is 0 Å². The van der Waals surface area contributed by atoms with Crippen molar-refractivity contribution in [3.8, 4) is 11.5 Å². The number of ether oxygens (including phenoxy) is 2. The predicted molar refractivity (Wildman–Crippen MR) is 94.4 cm³/mol. The Labute approximate surface area is 151 Å². The van der Waals surface area contributed by atoms with Crippen molar-refractivity contribution in [3.05, 3.63) is 59.2 Å². The van der Waals surface area contributed by atoms with Crippen molar-refractivity contribution in [2.45, 2.75) is 19.9 Å². The Kier molecular flexibility index (Phi) is 6.99. The van der Waals surface area contributed by atoms with Gasteiger partial charge in [-0.15, -0.1) is 0 Å². The van der Waals surface area contributed by atoms with Gasteiger partial charge in [0.25, 0.3) is 0 Å². The summed E-state index contributed by atoms with van der Waals surface area (Å²) in [5.41, 5.74) is 3.89. The van der Waals surface area contributed by atoms with Crippen LogP contribution < -0.4 is 14.8 Å². The van der Waals surface area contributed by atoms with E-state index in [4.69, 9.17) is 29.3 Å². The molecule has 2 aromatic rings. The van der Waals surface area contributed by atoms with Gasteiger partial charge in [-0.25, -0.2) is 9.59 Å². The van der Waals surface area contributed by atoms with E-state index in [0.29, 0.717) is 6.79 Å². The molecular formula is C19H21NO6. The molecule has 7 heteroatoms. The molecule has 3 rings (SSSR count). The molecule has 1 aliphatic heterocycles. The second-order valence-electron chi connectivity index (χ2n) is 5.71. The molecule has 2 aromatic carbocycles. The summed E-state index contributed by atoms with van der Waals surface area (Å²) in [7, 11) is 0. The predicted octanol–water partition coefficient (Wildman–Crippen LogP) is 2.21. The van der Waals surface area contributed by atoms with Crippen LogP contribution in [0.25, 0.3) is 0 Å². The maximum Gasteiger partial charge on any atom is 0.414 e. The fraction of sp³-hybridized carbons (Fsp3) is 0.263. The van der Waals surface area contributed by atoms with E-state index >= 15 is 0 Å². The number of benzene rings is 2. The lowest BCUT2D eigenvalue weighted by atomic mass is 10.1. The van der Waals surface area contributed by atoms with Gasteiger partial charge in [0.15, 0.2) is 11.5 Å². The van der Waals surface area contributed by atoms with Crippen LogP contribution in [0.3, 0.4) is 0 Å². The van der Waals surface area contributed by atoms with E-state index < -0.39 is 11.9 Å². The minimum atomic E-state index is -1.82. The average Bonchev–Trinajstić information content (AvgIpc) is 3.08. The quantitative estimate of drug-likeness (QED) is 0.555. The molecule has 0 atom stereocenters. The van der Waals surface area contributed by atoms with Crippen LogP contribution in [0.15, 0.2) is 42.5 Å². The van der Waals surface area contributed by atoms with E-state index in [2.05, 4.69) is 48.6 Å². The van der Waals surface area contributed by atoms with Crippen molar-refractivity contribution in [2.24, 2.45) is 0 Å². The average molecular weight is 359 g/mol. The number of fused-ring (bicyclic) bond motifs is 1. The van der Waals surface area contributed by atoms with Crippen molar-refractivity contribution in [2.75, 3.05) is 13.3 Å². The molecule has 0 aromatic heterocycles. The molecule has 138 valence electrons. The standard InChI is InChI=1S/C17H19NO2.C2H2O4/c1-13-2-4-15(5-3-13)11-18-9-8-14-6-7-16-17(10-14)20-12-19-16;3-1(4)2(5)6/h2-7,10,18H,8-9,11-12H2,1H3;(H,3,4)(H,5,6). The molecular weight excluding hydrogens is 338 g/mol. The third kappa shape index (κ3) is 6.10. The van der Waals surface area contributed by atoms with Gasteiger partial charge in [-0.1, -0.05) is 35.9 Å². The zero-order chi connectivity index (χ0) is 18.9. The summed E-state index contributed by atoms with van der Waals surface area (Å²) in [6.45, 7) is 4.31. The fourth-order valence-corrected chi connectivity index (χ4v) is 2.27. The molecule has 0 radical (unpaired) electrons. The van der Waals surface area contributed by atoms with Crippen LogP contribution in [-0.2, 0) is 22.6 Å². The Morgan fingerprint density at radius 3 is 2.23 bits per heavy atom. The van der Waals surface area contributed by atoms with Crippen molar-refractivity contribution in [3.63, 3.8) is 0 Å². The number of hydrogen-bond donors (Lipinski definition) is 3. The van der Waals surface area contributed by atoms with Gasteiger partial charge in [0.05, 0.1) is 0 Å². The molecule has 0 amide bonds. The summed E-state index contributed by atoms with van der Waals surface area (Å²) < 4.78 is 10.7. The second-order valence-corrected chi connectivity index (χ2v) is 5.71. The highest BCUT2D eigenvalue weighted by Crippen LogP contribution is 2.32. The van der Waals surface area contributed by atoms with Gasteiger partial charge in [0.1, 0.15) is 0 Å². The first-order valence-corrected chi connectivity index (χ1v) is 8.06. The maximum absolute atomic E-state index is 9.10. The van der Waals surface area contributed by atoms with Crippen LogP contribution in [0.4, 0.5) is 0 Å². The number of carboxylic acids is 2. The lowest BCUT2D eigenvalue weighted by Crippen LogP contribution is -2.16. The molecule has 1 aliphatic rings. The van der Waals surface area contributed by atoms with Gasteiger partial charge < -0.3 is 25.0 Å². The Balaban J connectivity index is 0.000000352. The molecule has 0 bridgehead atoms. The van der Waals surface area contributed by atoms with Gasteiger partial charge in [-0.05, 0) is 43.1 Å². The van der Waals surface area contributed by atoms with Crippen LogP contribution >= 0.6 is 0 Å². The monoisotopic (exact) mass is 359 g/mol. The molecule has 0 unspecified atom stereocenters. The van der Waals surface area contributed by atoms with E-state index in [9.17, 15) is 0 Å². The number of carboxylic acid groups (broad SMARTS) is 2. The minimum absolute atomic E-state index is 0.338. The molecule has 0 spiro atoms. The van der Waals surface area contributed by atoms with Gasteiger partial charge in [0, 0.05) is 6.54 Å². The largest absolute Gasteiger partial charge is 0.473 e. The van der Waals surface area contributed by atoms with E-state index in [1.165, 1.54) is 16.7 Å². The number of carbonyl (C=O) groups is 2. The molecule has 0 saturated heterocycles. The molecule has 3 N–H and O–H groups in total. The minimum Gasteiger partial charge on any atom is -0.473 e. The van der Waals surface area contributed by atoms with E-state index in [-0.39, 0.29) is 0 Å². The number of aryl methyl sites for hydroxylation is 1. The van der Waals surface area contributed by atoms with Crippen molar-refractivity contribution >= 4 is 11.9 Å². The summed E-state index contributed by atoms with van der Waals surface area (Å²) in [4.78, 5) is 18.2. The Morgan fingerprint density at radius 1 is 0.962 bits per heavy atom. The van der Waals surface area contributed by atoms with Gasteiger partial charge in [-0.2, -0.15) is 0 Å². The molecule has 0 aliphatic carbocycles. The Bertz CT molecular complexity index is 745. The summed E-state index contributed by atoms with van der Waals surface area (Å²) in [6, 6.07) is 14.8. The first-order chi connectivity index (χ1) is 12.5. The summed E-state index contributed by atoms with van der Waals surface area (Å²) in [6.07, 6.45) is 0.989. The van der Waals surface area contributed by atoms with Crippen LogP contribution in [0.2, 0.25) is 0 Å². The third-order valence-electron chi connectivity index (χ3n) is 3.66. The molecule has 26 heavy (non-hydrogen) atoms. The lowest BCUT2D eigenvalue weighted by molar-refractivity contribution is -0.159. The maximum atomic E-state index is 9.10. The molecule has 0 fully saturated rings. The first-order valence-electron chi connectivity index (χ1n) is 8.06. The molecule has 7 nitrogen and oxygen atoms in total. The summed E-state index contributed by atoms with van der Waals surface area (Å²) in [5.74, 6) is -1.94. The Hall–Kier alpha value is -3.06. The molecule has 0 saturated carbocycles. The van der Waals surface area contributed by atoms with Crippen LogP contribution in [0, 0.1) is 6.92 Å². The van der Waals surface area contributed by atoms with Crippen LogP contribution in [-0.4, -0.2) is 35.5 Å². The highest BCUT2D eigenvalue weighted by molar-refractivity contribution is 6.27. The van der Waals surface area contributed by atoms with Gasteiger partial charge >= 0.3 is 11.9 Å². The summed E-state index contributed by atoms with van der Waals surface area (Å²) >= 11 is 0. The molecule has 1 heterocycles. The SMILES string of the molecule is Cc1ccc(CNCCc2ccc3c(c2)OCO3)cc1.O=C(O)C(=O)O. The Morgan fingerprint density at radius 2 is 1.58 bits per heavy atom. The number of nitrogens with one attached hydrogen (secondary N) is 1. The second kappa shape index (κ2) is 9.43. The zero-order valence-corrected chi connectivity index (χ0v) is 14.4. The summed E-state index contributed by atoms with van der Waals surface area (Å²) in [5, 5.41) is 18.2. The normalized spacial score (nSPS) is 11.4. The lowest BCUT2D eigenvalue weighted by Gasteiger charge is -2.06. The van der Waals surface area contributed by atoms with E-state index in [1.807, 2.05) is 6.07 Å². The highest BCUT2D eigenvalue weighted by Gasteiger charge is 2.12. The number of hydrogen-bond acceptors (Lipinski definition) is 5. The number of aliphatic carboxylic acids is 2. The fourth-order valence-electron chi connectivity index (χ4n) is 2.27. The highest BCUT2D eigenvalue weighted by atomic mass is 16.7. The van der Waals surface area contributed by atoms with Gasteiger partial charge in [0.2, 0.25) is 6.79 Å². The van der Waals surface area contributed by atoms with Crippen molar-refractivity contribution < 1.29 is 29.3 Å².